The largest absolute Gasteiger partial charge is 0.497 e. The minimum atomic E-state index is -0.928. The Morgan fingerprint density at radius 3 is 2.30 bits per heavy atom. The predicted octanol–water partition coefficient (Wildman–Crippen LogP) is 2.92. The van der Waals surface area contributed by atoms with E-state index in [1.165, 1.54) is 7.11 Å². The zero-order valence-electron chi connectivity index (χ0n) is 11.4. The van der Waals surface area contributed by atoms with Crippen LogP contribution in [0.1, 0.15) is 17.0 Å². The maximum absolute atomic E-state index is 11.7. The van der Waals surface area contributed by atoms with Crippen LogP contribution >= 0.6 is 0 Å². The van der Waals surface area contributed by atoms with Gasteiger partial charge >= 0.3 is 5.97 Å². The maximum atomic E-state index is 11.7. The van der Waals surface area contributed by atoms with Gasteiger partial charge in [-0.25, -0.2) is 0 Å². The number of methoxy groups -OCH3 is 2. The Balaban J connectivity index is 2.57. The second kappa shape index (κ2) is 6.10. The van der Waals surface area contributed by atoms with Crippen LogP contribution in [0.2, 0.25) is 0 Å². The number of carboxylic acid groups (broad SMARTS) is 1. The van der Waals surface area contributed by atoms with Crippen molar-refractivity contribution in [1.82, 2.24) is 0 Å². The van der Waals surface area contributed by atoms with Crippen LogP contribution in [0.4, 0.5) is 0 Å². The van der Waals surface area contributed by atoms with Crippen molar-refractivity contribution >= 4 is 5.97 Å². The van der Waals surface area contributed by atoms with Crippen molar-refractivity contribution in [2.45, 2.75) is 5.92 Å². The number of carboxylic acids is 1. The van der Waals surface area contributed by atoms with Gasteiger partial charge in [-0.2, -0.15) is 0 Å². The van der Waals surface area contributed by atoms with E-state index in [1.807, 2.05) is 18.2 Å². The van der Waals surface area contributed by atoms with Gasteiger partial charge < -0.3 is 14.6 Å². The molecule has 0 amide bonds. The van der Waals surface area contributed by atoms with Gasteiger partial charge in [0.1, 0.15) is 17.4 Å². The average Bonchev–Trinajstić information content (AvgIpc) is 2.48. The van der Waals surface area contributed by atoms with E-state index in [0.29, 0.717) is 22.6 Å². The first-order valence-electron chi connectivity index (χ1n) is 6.17. The Kier molecular flexibility index (Phi) is 4.25. The Bertz CT molecular complexity index is 593. The van der Waals surface area contributed by atoms with Gasteiger partial charge in [0.2, 0.25) is 0 Å². The van der Waals surface area contributed by atoms with Crippen molar-refractivity contribution in [2.24, 2.45) is 0 Å². The summed E-state index contributed by atoms with van der Waals surface area (Å²) < 4.78 is 10.5. The Morgan fingerprint density at radius 2 is 1.75 bits per heavy atom. The van der Waals surface area contributed by atoms with E-state index in [4.69, 9.17) is 9.47 Å². The lowest BCUT2D eigenvalue weighted by atomic mass is 9.90. The fourth-order valence-corrected chi connectivity index (χ4v) is 2.17. The lowest BCUT2D eigenvalue weighted by Crippen LogP contribution is -2.14. The number of aliphatic carboxylic acids is 1. The molecule has 2 rings (SSSR count). The lowest BCUT2D eigenvalue weighted by molar-refractivity contribution is -0.137. The summed E-state index contributed by atoms with van der Waals surface area (Å²) in [5.74, 6) is -0.589. The van der Waals surface area contributed by atoms with Gasteiger partial charge in [0, 0.05) is 5.56 Å². The summed E-state index contributed by atoms with van der Waals surface area (Å²) in [6.07, 6.45) is 0. The summed E-state index contributed by atoms with van der Waals surface area (Å²) >= 11 is 0. The molecule has 0 aromatic heterocycles. The molecule has 0 aliphatic heterocycles. The fourth-order valence-electron chi connectivity index (χ4n) is 2.17. The topological polar surface area (TPSA) is 55.8 Å². The molecule has 20 heavy (non-hydrogen) atoms. The molecule has 0 saturated carbocycles. The highest BCUT2D eigenvalue weighted by molar-refractivity contribution is 5.81. The van der Waals surface area contributed by atoms with Crippen molar-refractivity contribution in [3.63, 3.8) is 0 Å². The van der Waals surface area contributed by atoms with Crippen LogP contribution in [0.25, 0.3) is 0 Å². The molecule has 4 heteroatoms. The number of rotatable bonds is 5. The van der Waals surface area contributed by atoms with Crippen LogP contribution in [0, 0.1) is 0 Å². The standard InChI is InChI=1S/C16H16O4/c1-19-12-8-9-14(20-2)13(10-12)15(16(17)18)11-6-4-3-5-7-11/h3-10,15H,1-2H3,(H,17,18). The average molecular weight is 272 g/mol. The van der Waals surface area contributed by atoms with Crippen LogP contribution in [-0.4, -0.2) is 25.3 Å². The van der Waals surface area contributed by atoms with E-state index in [9.17, 15) is 9.90 Å². The molecule has 0 aliphatic carbocycles. The molecule has 1 atom stereocenters. The van der Waals surface area contributed by atoms with Crippen LogP contribution in [0.15, 0.2) is 48.5 Å². The lowest BCUT2D eigenvalue weighted by Gasteiger charge is -2.17. The van der Waals surface area contributed by atoms with Gasteiger partial charge in [0.05, 0.1) is 14.2 Å². The first kappa shape index (κ1) is 13.9. The summed E-state index contributed by atoms with van der Waals surface area (Å²) in [5.41, 5.74) is 1.28. The van der Waals surface area contributed by atoms with Crippen LogP contribution < -0.4 is 9.47 Å². The van der Waals surface area contributed by atoms with Gasteiger partial charge in [0.15, 0.2) is 0 Å². The first-order chi connectivity index (χ1) is 9.67. The summed E-state index contributed by atoms with van der Waals surface area (Å²) in [7, 11) is 3.07. The molecule has 0 radical (unpaired) electrons. The third kappa shape index (κ3) is 2.74. The normalized spacial score (nSPS) is 11.7. The van der Waals surface area contributed by atoms with E-state index in [-0.39, 0.29) is 0 Å². The van der Waals surface area contributed by atoms with Gasteiger partial charge in [-0.05, 0) is 23.8 Å². The smallest absolute Gasteiger partial charge is 0.315 e. The minimum Gasteiger partial charge on any atom is -0.497 e. The van der Waals surface area contributed by atoms with Crippen LogP contribution in [0.3, 0.4) is 0 Å². The zero-order valence-corrected chi connectivity index (χ0v) is 11.4. The molecule has 0 bridgehead atoms. The number of benzene rings is 2. The van der Waals surface area contributed by atoms with Crippen LogP contribution in [0.5, 0.6) is 11.5 Å². The number of hydrogen-bond donors (Lipinski definition) is 1. The molecule has 0 heterocycles. The van der Waals surface area contributed by atoms with E-state index in [2.05, 4.69) is 0 Å². The third-order valence-electron chi connectivity index (χ3n) is 3.13. The maximum Gasteiger partial charge on any atom is 0.315 e. The van der Waals surface area contributed by atoms with Crippen molar-refractivity contribution in [1.29, 1.82) is 0 Å². The highest BCUT2D eigenvalue weighted by Gasteiger charge is 2.25. The van der Waals surface area contributed by atoms with Crippen molar-refractivity contribution in [3.8, 4) is 11.5 Å². The SMILES string of the molecule is COc1ccc(OC)c(C(C(=O)O)c2ccccc2)c1. The highest BCUT2D eigenvalue weighted by atomic mass is 16.5. The van der Waals surface area contributed by atoms with Gasteiger partial charge in [-0.3, -0.25) is 4.79 Å². The summed E-state index contributed by atoms with van der Waals surface area (Å²) in [4.78, 5) is 11.7. The Morgan fingerprint density at radius 1 is 1.05 bits per heavy atom. The minimum absolute atomic E-state index is 0.530. The summed E-state index contributed by atoms with van der Waals surface area (Å²) in [6.45, 7) is 0. The van der Waals surface area contributed by atoms with Gasteiger partial charge in [-0.1, -0.05) is 30.3 Å². The van der Waals surface area contributed by atoms with Crippen molar-refractivity contribution in [2.75, 3.05) is 14.2 Å². The molecule has 104 valence electrons. The first-order valence-corrected chi connectivity index (χ1v) is 6.17. The molecule has 1 N–H and O–H groups in total. The van der Waals surface area contributed by atoms with Crippen molar-refractivity contribution in [3.05, 3.63) is 59.7 Å². The van der Waals surface area contributed by atoms with E-state index < -0.39 is 11.9 Å². The molecule has 2 aromatic rings. The van der Waals surface area contributed by atoms with E-state index >= 15 is 0 Å². The Hall–Kier alpha value is -2.49. The predicted molar refractivity (Wildman–Crippen MR) is 75.5 cm³/mol. The van der Waals surface area contributed by atoms with Gasteiger partial charge in [0.25, 0.3) is 0 Å². The quantitative estimate of drug-likeness (QED) is 0.909. The van der Waals surface area contributed by atoms with Crippen molar-refractivity contribution < 1.29 is 19.4 Å². The molecule has 0 spiro atoms. The number of hydrogen-bond acceptors (Lipinski definition) is 3. The zero-order chi connectivity index (χ0) is 14.5. The Labute approximate surface area is 117 Å². The van der Waals surface area contributed by atoms with Crippen LogP contribution in [-0.2, 0) is 4.79 Å². The van der Waals surface area contributed by atoms with E-state index in [1.54, 1.807) is 37.4 Å². The number of carbonyl (C=O) groups is 1. The fraction of sp³-hybridized carbons (Fsp3) is 0.188. The molecule has 1 unspecified atom stereocenters. The molecular weight excluding hydrogens is 256 g/mol. The molecule has 0 fully saturated rings. The molecule has 4 nitrogen and oxygen atoms in total. The molecular formula is C16H16O4. The highest BCUT2D eigenvalue weighted by Crippen LogP contribution is 2.34. The second-order valence-electron chi connectivity index (χ2n) is 4.29. The molecule has 0 saturated heterocycles. The molecule has 2 aromatic carbocycles. The monoisotopic (exact) mass is 272 g/mol. The van der Waals surface area contributed by atoms with E-state index in [0.717, 1.165) is 0 Å². The second-order valence-corrected chi connectivity index (χ2v) is 4.29. The third-order valence-corrected chi connectivity index (χ3v) is 3.13. The number of ether oxygens (including phenoxy) is 2. The van der Waals surface area contributed by atoms with Gasteiger partial charge in [-0.15, -0.1) is 0 Å². The molecule has 0 aliphatic rings. The summed E-state index contributed by atoms with van der Waals surface area (Å²) in [6, 6.07) is 14.2. The summed E-state index contributed by atoms with van der Waals surface area (Å²) in [5, 5.41) is 9.57.